The van der Waals surface area contributed by atoms with E-state index in [2.05, 4.69) is 9.88 Å². The third-order valence-corrected chi connectivity index (χ3v) is 5.80. The molecule has 3 heterocycles. The molecule has 5 nitrogen and oxygen atoms in total. The topological polar surface area (TPSA) is 58.4 Å². The summed E-state index contributed by atoms with van der Waals surface area (Å²) in [7, 11) is 0. The first-order valence-electron chi connectivity index (χ1n) is 10.4. The highest BCUT2D eigenvalue weighted by atomic mass is 19.1. The smallest absolute Gasteiger partial charge is 0.260 e. The molecule has 1 N–H and O–H groups in total. The molecule has 0 radical (unpaired) electrons. The van der Waals surface area contributed by atoms with Gasteiger partial charge in [-0.1, -0.05) is 30.7 Å². The molecular formula is C24H26FN3O2. The summed E-state index contributed by atoms with van der Waals surface area (Å²) >= 11 is 0. The summed E-state index contributed by atoms with van der Waals surface area (Å²) in [6, 6.07) is 13.0. The second-order valence-electron chi connectivity index (χ2n) is 7.82. The Labute approximate surface area is 175 Å². The molecule has 30 heavy (non-hydrogen) atoms. The number of aromatic nitrogens is 2. The van der Waals surface area contributed by atoms with Crippen molar-refractivity contribution in [3.05, 3.63) is 93.4 Å². The van der Waals surface area contributed by atoms with Crippen LogP contribution in [0.4, 0.5) is 4.39 Å². The zero-order valence-corrected chi connectivity index (χ0v) is 17.1. The monoisotopic (exact) mass is 407 g/mol. The van der Waals surface area contributed by atoms with Crippen molar-refractivity contribution in [3.63, 3.8) is 0 Å². The van der Waals surface area contributed by atoms with Crippen LogP contribution in [0.1, 0.15) is 47.8 Å². The van der Waals surface area contributed by atoms with Crippen molar-refractivity contribution in [1.29, 1.82) is 0 Å². The van der Waals surface area contributed by atoms with Gasteiger partial charge in [0.25, 0.3) is 5.56 Å². The maximum atomic E-state index is 14.8. The highest BCUT2D eigenvalue weighted by molar-refractivity contribution is 5.41. The molecular weight excluding hydrogens is 381 g/mol. The molecule has 1 saturated heterocycles. The molecule has 156 valence electrons. The maximum absolute atomic E-state index is 14.8. The van der Waals surface area contributed by atoms with E-state index < -0.39 is 6.04 Å². The third kappa shape index (κ3) is 4.00. The summed E-state index contributed by atoms with van der Waals surface area (Å²) in [5, 5.41) is 10.8. The number of likely N-dealkylation sites (tertiary alicyclic amines) is 1. The minimum absolute atomic E-state index is 0.0893. The molecule has 0 bridgehead atoms. The number of rotatable bonds is 5. The number of hydrogen-bond donors (Lipinski definition) is 1. The molecule has 1 aromatic carbocycles. The standard InChI is InChI=1S/C24H26FN3O2/c1-17-15-21(29)22(24(30)28(17)16-18-9-5-6-12-26-18)23(27-13-7-2-8-14-27)19-10-3-4-11-20(19)25/h3-6,9-12,15,23,29H,2,7-8,13-14,16H2,1H3. The first kappa shape index (κ1) is 20.3. The number of piperidine rings is 1. The van der Waals surface area contributed by atoms with Gasteiger partial charge in [0.15, 0.2) is 0 Å². The van der Waals surface area contributed by atoms with E-state index in [1.165, 1.54) is 6.07 Å². The van der Waals surface area contributed by atoms with Gasteiger partial charge in [0.2, 0.25) is 0 Å². The van der Waals surface area contributed by atoms with Gasteiger partial charge in [0, 0.05) is 17.5 Å². The summed E-state index contributed by atoms with van der Waals surface area (Å²) in [5.41, 5.74) is 1.72. The molecule has 0 saturated carbocycles. The van der Waals surface area contributed by atoms with Gasteiger partial charge in [-0.05, 0) is 57.1 Å². The lowest BCUT2D eigenvalue weighted by molar-refractivity contribution is 0.180. The number of aromatic hydroxyl groups is 1. The van der Waals surface area contributed by atoms with Crippen LogP contribution >= 0.6 is 0 Å². The van der Waals surface area contributed by atoms with Crippen LogP contribution in [0.2, 0.25) is 0 Å². The zero-order valence-electron chi connectivity index (χ0n) is 17.1. The average Bonchev–Trinajstić information content (AvgIpc) is 2.76. The van der Waals surface area contributed by atoms with Gasteiger partial charge >= 0.3 is 0 Å². The molecule has 6 heteroatoms. The van der Waals surface area contributed by atoms with Gasteiger partial charge in [0.05, 0.1) is 23.8 Å². The minimum atomic E-state index is -0.630. The van der Waals surface area contributed by atoms with Gasteiger partial charge in [-0.15, -0.1) is 0 Å². The molecule has 3 aromatic rings. The highest BCUT2D eigenvalue weighted by Crippen LogP contribution is 2.35. The van der Waals surface area contributed by atoms with Crippen molar-refractivity contribution in [2.24, 2.45) is 0 Å². The lowest BCUT2D eigenvalue weighted by atomic mass is 9.94. The van der Waals surface area contributed by atoms with Gasteiger partial charge in [0.1, 0.15) is 11.6 Å². The first-order chi connectivity index (χ1) is 14.6. The normalized spacial score (nSPS) is 15.8. The van der Waals surface area contributed by atoms with E-state index in [9.17, 15) is 14.3 Å². The molecule has 1 aliphatic rings. The summed E-state index contributed by atoms with van der Waals surface area (Å²) in [5.74, 6) is -0.461. The lowest BCUT2D eigenvalue weighted by Gasteiger charge is -2.35. The number of benzene rings is 1. The molecule has 1 aliphatic heterocycles. The van der Waals surface area contributed by atoms with Crippen LogP contribution in [-0.4, -0.2) is 32.6 Å². The molecule has 1 fully saturated rings. The van der Waals surface area contributed by atoms with Gasteiger partial charge in [-0.2, -0.15) is 0 Å². The van der Waals surface area contributed by atoms with E-state index in [4.69, 9.17) is 0 Å². The zero-order chi connectivity index (χ0) is 21.1. The van der Waals surface area contributed by atoms with Crippen molar-refractivity contribution >= 4 is 0 Å². The average molecular weight is 407 g/mol. The molecule has 0 amide bonds. The van der Waals surface area contributed by atoms with E-state index in [0.29, 0.717) is 17.8 Å². The SMILES string of the molecule is Cc1cc(O)c(C(c2ccccc2F)N2CCCCC2)c(=O)n1Cc1ccccn1. The summed E-state index contributed by atoms with van der Waals surface area (Å²) in [4.78, 5) is 20.0. The molecule has 0 spiro atoms. The molecule has 1 unspecified atom stereocenters. The number of aryl methyl sites for hydroxylation is 1. The predicted octanol–water partition coefficient (Wildman–Crippen LogP) is 4.02. The molecule has 4 rings (SSSR count). The van der Waals surface area contributed by atoms with Gasteiger partial charge in [-0.3, -0.25) is 14.7 Å². The summed E-state index contributed by atoms with van der Waals surface area (Å²) < 4.78 is 16.4. The van der Waals surface area contributed by atoms with Crippen LogP contribution in [0.3, 0.4) is 0 Å². The van der Waals surface area contributed by atoms with Gasteiger partial charge in [-0.25, -0.2) is 4.39 Å². The Kier molecular flexibility index (Phi) is 5.95. The molecule has 0 aliphatic carbocycles. The fraction of sp³-hybridized carbons (Fsp3) is 0.333. The number of pyridine rings is 2. The summed E-state index contributed by atoms with van der Waals surface area (Å²) in [6.45, 7) is 3.59. The summed E-state index contributed by atoms with van der Waals surface area (Å²) in [6.07, 6.45) is 4.77. The lowest BCUT2D eigenvalue weighted by Crippen LogP contribution is -2.39. The fourth-order valence-corrected chi connectivity index (χ4v) is 4.28. The predicted molar refractivity (Wildman–Crippen MR) is 114 cm³/mol. The van der Waals surface area contributed by atoms with Crippen LogP contribution in [0.25, 0.3) is 0 Å². The minimum Gasteiger partial charge on any atom is -0.507 e. The van der Waals surface area contributed by atoms with Crippen molar-refractivity contribution in [2.45, 2.75) is 38.8 Å². The number of halogens is 1. The van der Waals surface area contributed by atoms with E-state index in [0.717, 1.165) is 38.0 Å². The van der Waals surface area contributed by atoms with Crippen LogP contribution in [0.15, 0.2) is 59.5 Å². The Morgan fingerprint density at radius 3 is 2.53 bits per heavy atom. The van der Waals surface area contributed by atoms with E-state index in [1.807, 2.05) is 18.2 Å². The van der Waals surface area contributed by atoms with Crippen LogP contribution in [0.5, 0.6) is 5.75 Å². The van der Waals surface area contributed by atoms with E-state index >= 15 is 0 Å². The van der Waals surface area contributed by atoms with Crippen LogP contribution in [-0.2, 0) is 6.54 Å². The quantitative estimate of drug-likeness (QED) is 0.694. The largest absolute Gasteiger partial charge is 0.507 e. The number of hydrogen-bond acceptors (Lipinski definition) is 4. The Morgan fingerprint density at radius 2 is 1.83 bits per heavy atom. The Morgan fingerprint density at radius 1 is 1.10 bits per heavy atom. The fourth-order valence-electron chi connectivity index (χ4n) is 4.28. The van der Waals surface area contributed by atoms with Crippen molar-refractivity contribution < 1.29 is 9.50 Å². The second kappa shape index (κ2) is 8.79. The second-order valence-corrected chi connectivity index (χ2v) is 7.82. The van der Waals surface area contributed by atoms with Gasteiger partial charge < -0.3 is 9.67 Å². The number of nitrogens with zero attached hydrogens (tertiary/aromatic N) is 3. The van der Waals surface area contributed by atoms with Crippen molar-refractivity contribution in [3.8, 4) is 5.75 Å². The third-order valence-electron chi connectivity index (χ3n) is 5.80. The Hall–Kier alpha value is -2.99. The van der Waals surface area contributed by atoms with Crippen LogP contribution in [0, 0.1) is 12.7 Å². The van der Waals surface area contributed by atoms with Crippen molar-refractivity contribution in [2.75, 3.05) is 13.1 Å². The first-order valence-corrected chi connectivity index (χ1v) is 10.4. The highest BCUT2D eigenvalue weighted by Gasteiger charge is 2.31. The van der Waals surface area contributed by atoms with Crippen molar-refractivity contribution in [1.82, 2.24) is 14.5 Å². The molecule has 1 atom stereocenters. The van der Waals surface area contributed by atoms with Crippen LogP contribution < -0.4 is 5.56 Å². The van der Waals surface area contributed by atoms with E-state index in [1.54, 1.807) is 42.0 Å². The van der Waals surface area contributed by atoms with E-state index in [-0.39, 0.29) is 22.7 Å². The Bertz CT molecular complexity index is 1080. The molecule has 2 aromatic heterocycles. The maximum Gasteiger partial charge on any atom is 0.260 e. The Balaban J connectivity index is 1.87.